The molecule has 0 atom stereocenters. The summed E-state index contributed by atoms with van der Waals surface area (Å²) in [4.78, 5) is 0. The molecule has 1 saturated heterocycles. The summed E-state index contributed by atoms with van der Waals surface area (Å²) in [5, 5.41) is 1.22. The van der Waals surface area contributed by atoms with Crippen molar-refractivity contribution in [3.63, 3.8) is 0 Å². The summed E-state index contributed by atoms with van der Waals surface area (Å²) in [7, 11) is -3.51. The Morgan fingerprint density at radius 2 is 1.29 bits per heavy atom. The maximum atomic E-state index is 12.9. The van der Waals surface area contributed by atoms with Crippen molar-refractivity contribution in [2.45, 2.75) is 19.5 Å². The van der Waals surface area contributed by atoms with Crippen LogP contribution in [-0.4, -0.2) is 30.1 Å². The predicted molar refractivity (Wildman–Crippen MR) is 97.3 cm³/mol. The van der Waals surface area contributed by atoms with Crippen molar-refractivity contribution in [1.82, 2.24) is 8.61 Å². The Hall–Kier alpha value is -1.11. The van der Waals surface area contributed by atoms with Crippen molar-refractivity contribution in [2.24, 2.45) is 0 Å². The number of hydrogen-bond acceptors (Lipinski definition) is 2. The second kappa shape index (κ2) is 7.42. The maximum Gasteiger partial charge on any atom is 0.282 e. The highest BCUT2D eigenvalue weighted by Crippen LogP contribution is 2.23. The van der Waals surface area contributed by atoms with E-state index in [2.05, 4.69) is 0 Å². The van der Waals surface area contributed by atoms with Gasteiger partial charge in [0, 0.05) is 36.2 Å². The first-order valence-electron chi connectivity index (χ1n) is 7.69. The molecule has 7 heteroatoms. The minimum atomic E-state index is -3.51. The van der Waals surface area contributed by atoms with Gasteiger partial charge >= 0.3 is 0 Å². The molecule has 0 bridgehead atoms. The molecule has 1 fully saturated rings. The van der Waals surface area contributed by atoms with Gasteiger partial charge in [-0.2, -0.15) is 17.0 Å². The molecule has 0 spiro atoms. The third kappa shape index (κ3) is 4.10. The van der Waals surface area contributed by atoms with Gasteiger partial charge in [-0.25, -0.2) is 0 Å². The highest BCUT2D eigenvalue weighted by Gasteiger charge is 2.33. The molecule has 1 aliphatic rings. The molecule has 128 valence electrons. The first-order chi connectivity index (χ1) is 11.4. The standard InChI is InChI=1S/C17H18Cl2N2O2S/c18-16-6-1-4-14(10-16)12-20-8-3-9-21(24(20,22)23)13-15-5-2-7-17(19)11-15/h1-2,4-7,10-11H,3,8-9,12-13H2. The first kappa shape index (κ1) is 17.7. The zero-order valence-electron chi connectivity index (χ0n) is 13.0. The zero-order chi connectivity index (χ0) is 17.2. The number of nitrogens with zero attached hydrogens (tertiary/aromatic N) is 2. The van der Waals surface area contributed by atoms with Gasteiger partial charge in [-0.3, -0.25) is 0 Å². The maximum absolute atomic E-state index is 12.9. The minimum Gasteiger partial charge on any atom is -0.195 e. The second-order valence-electron chi connectivity index (χ2n) is 5.79. The van der Waals surface area contributed by atoms with E-state index in [4.69, 9.17) is 23.2 Å². The third-order valence-corrected chi connectivity index (χ3v) is 6.36. The van der Waals surface area contributed by atoms with Crippen LogP contribution in [0.2, 0.25) is 10.0 Å². The average molecular weight is 385 g/mol. The molecule has 2 aromatic carbocycles. The van der Waals surface area contributed by atoms with Gasteiger partial charge in [-0.05, 0) is 41.8 Å². The Labute approximate surface area is 152 Å². The normalized spacial score (nSPS) is 18.6. The van der Waals surface area contributed by atoms with E-state index in [0.29, 0.717) is 36.2 Å². The lowest BCUT2D eigenvalue weighted by molar-refractivity contribution is 0.276. The van der Waals surface area contributed by atoms with Gasteiger partial charge in [0.25, 0.3) is 10.2 Å². The largest absolute Gasteiger partial charge is 0.282 e. The topological polar surface area (TPSA) is 40.6 Å². The molecule has 0 radical (unpaired) electrons. The zero-order valence-corrected chi connectivity index (χ0v) is 15.4. The number of benzene rings is 2. The van der Waals surface area contributed by atoms with Gasteiger partial charge in [0.2, 0.25) is 0 Å². The van der Waals surface area contributed by atoms with E-state index < -0.39 is 10.2 Å². The Morgan fingerprint density at radius 1 is 0.833 bits per heavy atom. The van der Waals surface area contributed by atoms with Gasteiger partial charge in [-0.1, -0.05) is 47.5 Å². The summed E-state index contributed by atoms with van der Waals surface area (Å²) in [6, 6.07) is 14.6. The van der Waals surface area contributed by atoms with E-state index in [1.807, 2.05) is 24.3 Å². The van der Waals surface area contributed by atoms with E-state index in [-0.39, 0.29) is 0 Å². The molecule has 0 aliphatic carbocycles. The first-order valence-corrected chi connectivity index (χ1v) is 9.84. The Kier molecular flexibility index (Phi) is 5.47. The van der Waals surface area contributed by atoms with Crippen molar-refractivity contribution >= 4 is 33.4 Å². The summed E-state index contributed by atoms with van der Waals surface area (Å²) in [5.74, 6) is 0. The third-order valence-electron chi connectivity index (χ3n) is 3.96. The number of rotatable bonds is 4. The Bertz CT molecular complexity index is 765. The molecule has 3 rings (SSSR count). The summed E-state index contributed by atoms with van der Waals surface area (Å²) in [6.45, 7) is 1.69. The molecular formula is C17H18Cl2N2O2S. The van der Waals surface area contributed by atoms with Crippen LogP contribution in [-0.2, 0) is 23.3 Å². The number of hydrogen-bond donors (Lipinski definition) is 0. The number of halogens is 2. The fourth-order valence-corrected chi connectivity index (χ4v) is 4.91. The molecule has 1 aliphatic heterocycles. The van der Waals surface area contributed by atoms with Crippen LogP contribution in [0.15, 0.2) is 48.5 Å². The molecular weight excluding hydrogens is 367 g/mol. The molecule has 0 N–H and O–H groups in total. The summed E-state index contributed by atoms with van der Waals surface area (Å²) < 4.78 is 28.8. The molecule has 0 amide bonds. The van der Waals surface area contributed by atoms with Crippen LogP contribution in [0.4, 0.5) is 0 Å². The fraction of sp³-hybridized carbons (Fsp3) is 0.294. The molecule has 2 aromatic rings. The molecule has 0 saturated carbocycles. The monoisotopic (exact) mass is 384 g/mol. The molecule has 0 unspecified atom stereocenters. The van der Waals surface area contributed by atoms with E-state index >= 15 is 0 Å². The Balaban J connectivity index is 1.78. The highest BCUT2D eigenvalue weighted by molar-refractivity contribution is 7.86. The van der Waals surface area contributed by atoms with Crippen LogP contribution in [0.1, 0.15) is 17.5 Å². The van der Waals surface area contributed by atoms with E-state index in [9.17, 15) is 8.42 Å². The van der Waals surface area contributed by atoms with Crippen LogP contribution in [0.3, 0.4) is 0 Å². The Morgan fingerprint density at radius 3 is 1.71 bits per heavy atom. The van der Waals surface area contributed by atoms with E-state index in [1.54, 1.807) is 24.3 Å². The molecule has 1 heterocycles. The SMILES string of the molecule is O=S1(=O)N(Cc2cccc(Cl)c2)CCCN1Cc1cccc(Cl)c1. The van der Waals surface area contributed by atoms with Crippen LogP contribution in [0.5, 0.6) is 0 Å². The van der Waals surface area contributed by atoms with Crippen LogP contribution >= 0.6 is 23.2 Å². The van der Waals surface area contributed by atoms with Crippen LogP contribution in [0, 0.1) is 0 Å². The van der Waals surface area contributed by atoms with E-state index in [0.717, 1.165) is 17.5 Å². The van der Waals surface area contributed by atoms with Gasteiger partial charge < -0.3 is 0 Å². The molecule has 0 aromatic heterocycles. The smallest absolute Gasteiger partial charge is 0.195 e. The van der Waals surface area contributed by atoms with Crippen molar-refractivity contribution in [3.05, 3.63) is 69.7 Å². The van der Waals surface area contributed by atoms with Crippen molar-refractivity contribution < 1.29 is 8.42 Å². The highest BCUT2D eigenvalue weighted by atomic mass is 35.5. The molecule has 24 heavy (non-hydrogen) atoms. The van der Waals surface area contributed by atoms with Crippen molar-refractivity contribution in [3.8, 4) is 0 Å². The van der Waals surface area contributed by atoms with Crippen LogP contribution < -0.4 is 0 Å². The summed E-state index contributed by atoms with van der Waals surface area (Å²) >= 11 is 12.0. The van der Waals surface area contributed by atoms with E-state index in [1.165, 1.54) is 8.61 Å². The molecule has 4 nitrogen and oxygen atoms in total. The van der Waals surface area contributed by atoms with Crippen LogP contribution in [0.25, 0.3) is 0 Å². The van der Waals surface area contributed by atoms with Gasteiger partial charge in [0.1, 0.15) is 0 Å². The van der Waals surface area contributed by atoms with Crippen molar-refractivity contribution in [2.75, 3.05) is 13.1 Å². The quantitative estimate of drug-likeness (QED) is 0.800. The van der Waals surface area contributed by atoms with Gasteiger partial charge in [0.05, 0.1) is 0 Å². The van der Waals surface area contributed by atoms with Crippen molar-refractivity contribution in [1.29, 1.82) is 0 Å². The summed E-state index contributed by atoms with van der Waals surface area (Å²) in [5.41, 5.74) is 1.77. The summed E-state index contributed by atoms with van der Waals surface area (Å²) in [6.07, 6.45) is 0.792. The lowest BCUT2D eigenvalue weighted by atomic mass is 10.2. The predicted octanol–water partition coefficient (Wildman–Crippen LogP) is 3.95. The minimum absolute atomic E-state index is 0.328. The lowest BCUT2D eigenvalue weighted by Crippen LogP contribution is -2.48. The van der Waals surface area contributed by atoms with Gasteiger partial charge in [-0.15, -0.1) is 0 Å². The average Bonchev–Trinajstić information content (AvgIpc) is 2.52. The second-order valence-corrected chi connectivity index (χ2v) is 8.59. The lowest BCUT2D eigenvalue weighted by Gasteiger charge is -2.34. The van der Waals surface area contributed by atoms with Gasteiger partial charge in [0.15, 0.2) is 0 Å². The fourth-order valence-electron chi connectivity index (χ4n) is 2.82.